The van der Waals surface area contributed by atoms with E-state index >= 15 is 0 Å². The monoisotopic (exact) mass is 1300 g/mol. The van der Waals surface area contributed by atoms with Crippen molar-refractivity contribution in [2.75, 3.05) is 44.1 Å². The molecule has 0 spiro atoms. The minimum Gasteiger partial charge on any atom is -0.497 e. The molecule has 0 aliphatic carbocycles. The van der Waals surface area contributed by atoms with Crippen molar-refractivity contribution in [3.63, 3.8) is 0 Å². The summed E-state index contributed by atoms with van der Waals surface area (Å²) in [5.74, 6) is 0.349. The molecule has 8 aromatic carbocycles. The molecular weight excluding hydrogens is 1220 g/mol. The molecule has 0 saturated heterocycles. The summed E-state index contributed by atoms with van der Waals surface area (Å²) in [6.45, 7) is 8.43. The van der Waals surface area contributed by atoms with Gasteiger partial charge >= 0.3 is 24.1 Å². The summed E-state index contributed by atoms with van der Waals surface area (Å²) in [7, 11) is 3.05. The second-order valence-electron chi connectivity index (χ2n) is 23.1. The number of aryl methyl sites for hydroxylation is 1. The number of imidazole rings is 1. The number of anilines is 2. The van der Waals surface area contributed by atoms with Crippen LogP contribution in [0.25, 0.3) is 22.5 Å². The summed E-state index contributed by atoms with van der Waals surface area (Å²) >= 11 is 1.39. The summed E-state index contributed by atoms with van der Waals surface area (Å²) in [5.41, 5.74) is 6.80. The van der Waals surface area contributed by atoms with Crippen molar-refractivity contribution in [1.82, 2.24) is 34.7 Å². The van der Waals surface area contributed by atoms with Crippen LogP contribution in [0, 0.1) is 0 Å². The Morgan fingerprint density at radius 2 is 1.26 bits per heavy atom. The number of nitrogens with one attached hydrogen (secondary N) is 1. The molecule has 20 nitrogen and oxygen atoms in total. The Morgan fingerprint density at radius 3 is 1.85 bits per heavy atom. The Kier molecular flexibility index (Phi) is 21.5. The van der Waals surface area contributed by atoms with Gasteiger partial charge in [0.25, 0.3) is 5.91 Å². The zero-order valence-electron chi connectivity index (χ0n) is 53.8. The number of aromatic nitrogens is 6. The predicted octanol–water partition coefficient (Wildman–Crippen LogP) is 14.0. The molecule has 486 valence electrons. The van der Waals surface area contributed by atoms with Crippen LogP contribution in [0.4, 0.5) is 21.0 Å². The van der Waals surface area contributed by atoms with Crippen LogP contribution in [0.3, 0.4) is 0 Å². The fraction of sp³-hybridized carbons (Fsp3) is 0.230. The second kappa shape index (κ2) is 30.6. The lowest BCUT2D eigenvalue weighted by Crippen LogP contribution is -2.39. The molecule has 10 aromatic rings. The van der Waals surface area contributed by atoms with Crippen molar-refractivity contribution in [3.05, 3.63) is 251 Å². The molecule has 3 amide bonds. The number of carboxylic acids is 1. The van der Waals surface area contributed by atoms with Crippen molar-refractivity contribution in [1.29, 1.82) is 0 Å². The maximum Gasteiger partial charge on any atom is 0.416 e. The second-order valence-corrected chi connectivity index (χ2v) is 24.2. The maximum absolute atomic E-state index is 14.2. The van der Waals surface area contributed by atoms with Crippen LogP contribution in [-0.4, -0.2) is 109 Å². The van der Waals surface area contributed by atoms with E-state index in [2.05, 4.69) is 84.2 Å². The number of ether oxygens (including phenoxy) is 5. The lowest BCUT2D eigenvalue weighted by molar-refractivity contribution is -0.138. The Hall–Kier alpha value is -11.1. The number of benzene rings is 8. The number of esters is 1. The third-order valence-corrected chi connectivity index (χ3v) is 16.4. The molecule has 0 aliphatic heterocycles. The van der Waals surface area contributed by atoms with Crippen LogP contribution in [0.2, 0.25) is 0 Å². The van der Waals surface area contributed by atoms with E-state index in [1.165, 1.54) is 35.9 Å². The van der Waals surface area contributed by atoms with Gasteiger partial charge in [-0.2, -0.15) is 0 Å². The van der Waals surface area contributed by atoms with E-state index in [1.54, 1.807) is 89.3 Å². The third-order valence-electron chi connectivity index (χ3n) is 15.4. The van der Waals surface area contributed by atoms with E-state index in [4.69, 9.17) is 39.0 Å². The lowest BCUT2D eigenvalue weighted by Gasteiger charge is -2.36. The Balaban J connectivity index is 0.871. The summed E-state index contributed by atoms with van der Waals surface area (Å²) in [6, 6.07) is 65.2. The van der Waals surface area contributed by atoms with Gasteiger partial charge in [-0.05, 0) is 138 Å². The Labute approximate surface area is 555 Å². The molecule has 2 N–H and O–H groups in total. The molecule has 0 atom stereocenters. The van der Waals surface area contributed by atoms with Gasteiger partial charge in [0.1, 0.15) is 40.8 Å². The zero-order valence-corrected chi connectivity index (χ0v) is 54.6. The molecule has 95 heavy (non-hydrogen) atoms. The molecular formula is C74H73N9O11S. The number of thioether (sulfide) groups is 1. The summed E-state index contributed by atoms with van der Waals surface area (Å²) < 4.78 is 31.8. The van der Waals surface area contributed by atoms with E-state index < -0.39 is 54.3 Å². The molecule has 2 aromatic heterocycles. The van der Waals surface area contributed by atoms with Gasteiger partial charge in [-0.15, -0.1) is 16.9 Å². The molecule has 0 fully saturated rings. The minimum absolute atomic E-state index is 0.0931. The average molecular weight is 1300 g/mol. The number of aliphatic carboxylic acids is 1. The van der Waals surface area contributed by atoms with Crippen LogP contribution in [0.15, 0.2) is 211 Å². The van der Waals surface area contributed by atoms with Crippen LogP contribution in [0.1, 0.15) is 90.9 Å². The maximum atomic E-state index is 14.2. The number of carbonyl (C=O) groups excluding carboxylic acids is 4. The highest BCUT2D eigenvalue weighted by Crippen LogP contribution is 2.44. The van der Waals surface area contributed by atoms with Gasteiger partial charge in [-0.1, -0.05) is 159 Å². The molecule has 0 saturated carbocycles. The number of amides is 3. The van der Waals surface area contributed by atoms with E-state index in [0.717, 1.165) is 56.1 Å². The largest absolute Gasteiger partial charge is 0.497 e. The number of nitrogens with zero attached hydrogens (tertiary/aromatic N) is 8. The first-order valence-corrected chi connectivity index (χ1v) is 31.9. The molecule has 2 heterocycles. The van der Waals surface area contributed by atoms with Crippen molar-refractivity contribution in [2.45, 2.75) is 82.3 Å². The number of carbonyl (C=O) groups is 5. The van der Waals surface area contributed by atoms with Crippen LogP contribution < -0.4 is 24.4 Å². The van der Waals surface area contributed by atoms with Crippen molar-refractivity contribution >= 4 is 53.2 Å². The first-order valence-electron chi connectivity index (χ1n) is 30.9. The van der Waals surface area contributed by atoms with Gasteiger partial charge in [0.15, 0.2) is 18.1 Å². The molecule has 10 rings (SSSR count). The molecule has 0 unspecified atom stereocenters. The van der Waals surface area contributed by atoms with Crippen molar-refractivity contribution < 1.29 is 52.8 Å². The number of hydrogen-bond donors (Lipinski definition) is 2. The molecule has 21 heteroatoms. The van der Waals surface area contributed by atoms with E-state index in [1.807, 2.05) is 82.0 Å². The number of tetrazole rings is 1. The highest BCUT2D eigenvalue weighted by Gasteiger charge is 2.42. The van der Waals surface area contributed by atoms with Gasteiger partial charge < -0.3 is 38.7 Å². The quantitative estimate of drug-likeness (QED) is 0.0291. The normalized spacial score (nSPS) is 11.3. The summed E-state index contributed by atoms with van der Waals surface area (Å²) in [4.78, 5) is 74.5. The lowest BCUT2D eigenvalue weighted by atomic mass is 9.77. The van der Waals surface area contributed by atoms with Crippen LogP contribution in [0.5, 0.6) is 17.2 Å². The topological polar surface area (TPSA) is 232 Å². The summed E-state index contributed by atoms with van der Waals surface area (Å²) in [6.07, 6.45) is -0.188. The standard InChI is InChI=1S/C74H73N9O11S/c1-8-21-65-75-63(49-95-59-42-43-62(64(44-59)80(6)71(88)94-73(3,4)5)76-66(84)48-92-57-36-32-50(33-37-57)45-81(47-67(85)86)72(89)93-58-40-38-56(90-7)39-41-58)68(70(87)91-9-2)82(65)46-51-30-34-52(35-31-51)60-28-19-20-29-61(60)69-77-78-79-83(69)74(53-22-13-10-14-23-53,54-24-15-11-16-25-54)55-26-17-12-18-27-55/h10-20,22-44H,8-9,21,45-49H2,1-7H3,(H,76,84)(H,85,86). The zero-order chi connectivity index (χ0) is 67.1. The number of methoxy groups -OCH3 is 1. The van der Waals surface area contributed by atoms with Crippen LogP contribution in [-0.2, 0) is 49.9 Å². The van der Waals surface area contributed by atoms with Crippen LogP contribution >= 0.6 is 11.8 Å². The van der Waals surface area contributed by atoms with E-state index in [9.17, 15) is 29.1 Å². The minimum atomic E-state index is -1.23. The predicted molar refractivity (Wildman–Crippen MR) is 363 cm³/mol. The first-order chi connectivity index (χ1) is 46.0. The number of rotatable bonds is 26. The van der Waals surface area contributed by atoms with Gasteiger partial charge in [0, 0.05) is 42.8 Å². The highest BCUT2D eigenvalue weighted by molar-refractivity contribution is 7.98. The van der Waals surface area contributed by atoms with Gasteiger partial charge in [0.2, 0.25) is 0 Å². The van der Waals surface area contributed by atoms with Gasteiger partial charge in [0.05, 0.1) is 30.8 Å². The van der Waals surface area contributed by atoms with E-state index in [0.29, 0.717) is 63.5 Å². The highest BCUT2D eigenvalue weighted by atomic mass is 32.2. The molecule has 0 aliphatic rings. The fourth-order valence-corrected chi connectivity index (χ4v) is 11.9. The number of carboxylic acid groups (broad SMARTS) is 1. The Bertz CT molecular complexity index is 4180. The fourth-order valence-electron chi connectivity index (χ4n) is 11.0. The van der Waals surface area contributed by atoms with Crippen molar-refractivity contribution in [2.24, 2.45) is 0 Å². The third kappa shape index (κ3) is 16.1. The summed E-state index contributed by atoms with van der Waals surface area (Å²) in [5, 5.41) is 26.4. The van der Waals surface area contributed by atoms with E-state index in [-0.39, 0.29) is 24.7 Å². The molecule has 0 bridgehead atoms. The van der Waals surface area contributed by atoms with Gasteiger partial charge in [-0.3, -0.25) is 19.4 Å². The molecule has 0 radical (unpaired) electrons. The first kappa shape index (κ1) is 66.8. The SMILES string of the molecule is CCCc1nc(CSc2ccc(NC(=O)COc3ccc(CN(CC(=O)O)C(=O)Oc4ccc(OC)cc4)cc3)c(N(C)C(=O)OC(C)(C)C)c2)c(C(=O)OCC)n1Cc1ccc(-c2ccccc2-c2nnnn2C(c2ccccc2)(c2ccccc2)c2ccccc2)cc1. The van der Waals surface area contributed by atoms with Gasteiger partial charge in [-0.25, -0.2) is 24.0 Å². The smallest absolute Gasteiger partial charge is 0.416 e. The van der Waals surface area contributed by atoms with Crippen molar-refractivity contribution in [3.8, 4) is 39.8 Å². The Morgan fingerprint density at radius 1 is 0.674 bits per heavy atom. The average Bonchev–Trinajstić information content (AvgIpc) is 1.70. The number of hydrogen-bond acceptors (Lipinski definition) is 15.